The highest BCUT2D eigenvalue weighted by molar-refractivity contribution is 6.18. The van der Waals surface area contributed by atoms with Crippen LogP contribution in [0.3, 0.4) is 0 Å². The van der Waals surface area contributed by atoms with E-state index in [0.29, 0.717) is 24.0 Å². The Labute approximate surface area is 105 Å². The molecule has 0 radical (unpaired) electrons. The van der Waals surface area contributed by atoms with E-state index in [1.807, 2.05) is 12.1 Å². The van der Waals surface area contributed by atoms with Crippen LogP contribution in [0.25, 0.3) is 0 Å². The van der Waals surface area contributed by atoms with Crippen LogP contribution in [0.1, 0.15) is 11.9 Å². The van der Waals surface area contributed by atoms with Gasteiger partial charge in [0.1, 0.15) is 11.5 Å². The lowest BCUT2D eigenvalue weighted by atomic mass is 10.2. The molecule has 2 rings (SSSR count). The molecule has 1 aliphatic heterocycles. The molecule has 0 amide bonds. The van der Waals surface area contributed by atoms with Crippen molar-refractivity contribution in [3.8, 4) is 11.5 Å². The summed E-state index contributed by atoms with van der Waals surface area (Å²) in [5.41, 5.74) is 0.869. The van der Waals surface area contributed by atoms with Crippen molar-refractivity contribution < 1.29 is 18.9 Å². The second kappa shape index (κ2) is 5.58. The monoisotopic (exact) mass is 258 g/mol. The third kappa shape index (κ3) is 2.83. The topological polar surface area (TPSA) is 36.9 Å². The van der Waals surface area contributed by atoms with E-state index in [1.54, 1.807) is 20.3 Å². The van der Waals surface area contributed by atoms with Crippen LogP contribution in [0.5, 0.6) is 11.5 Å². The molecule has 2 unspecified atom stereocenters. The summed E-state index contributed by atoms with van der Waals surface area (Å²) >= 11 is 5.72. The molecule has 0 aromatic heterocycles. The van der Waals surface area contributed by atoms with Crippen molar-refractivity contribution in [3.05, 3.63) is 23.8 Å². The van der Waals surface area contributed by atoms with E-state index in [-0.39, 0.29) is 6.10 Å². The minimum absolute atomic E-state index is 0.0566. The summed E-state index contributed by atoms with van der Waals surface area (Å²) in [6.45, 7) is 0.508. The molecular formula is C12H15ClO4. The van der Waals surface area contributed by atoms with Gasteiger partial charge in [-0.1, -0.05) is 0 Å². The summed E-state index contributed by atoms with van der Waals surface area (Å²) in [7, 11) is 3.22. The molecule has 1 aliphatic rings. The van der Waals surface area contributed by atoms with Gasteiger partial charge in [-0.25, -0.2) is 0 Å². The Bertz CT molecular complexity index is 361. The molecule has 17 heavy (non-hydrogen) atoms. The average Bonchev–Trinajstić information content (AvgIpc) is 2.86. The Balaban J connectivity index is 2.20. The minimum atomic E-state index is -0.400. The predicted molar refractivity (Wildman–Crippen MR) is 63.8 cm³/mol. The lowest BCUT2D eigenvalue weighted by Gasteiger charge is -2.13. The van der Waals surface area contributed by atoms with E-state index in [0.717, 1.165) is 5.56 Å². The fourth-order valence-corrected chi connectivity index (χ4v) is 1.83. The van der Waals surface area contributed by atoms with Crippen molar-refractivity contribution in [2.75, 3.05) is 26.7 Å². The van der Waals surface area contributed by atoms with Gasteiger partial charge in [-0.2, -0.15) is 0 Å². The lowest BCUT2D eigenvalue weighted by Crippen LogP contribution is -2.10. The zero-order valence-electron chi connectivity index (χ0n) is 9.81. The molecule has 0 aliphatic carbocycles. The van der Waals surface area contributed by atoms with Gasteiger partial charge in [0.15, 0.2) is 6.29 Å². The molecule has 0 N–H and O–H groups in total. The lowest BCUT2D eigenvalue weighted by molar-refractivity contribution is -0.0569. The normalized spacial score (nSPS) is 23.7. The van der Waals surface area contributed by atoms with Gasteiger partial charge in [0.05, 0.1) is 32.8 Å². The van der Waals surface area contributed by atoms with Crippen LogP contribution in [-0.2, 0) is 9.47 Å². The van der Waals surface area contributed by atoms with Crippen LogP contribution in [0.15, 0.2) is 18.2 Å². The van der Waals surface area contributed by atoms with Crippen LogP contribution >= 0.6 is 11.6 Å². The molecule has 1 aromatic carbocycles. The SMILES string of the molecule is COc1cc(OC)cc(C2OCC(CCl)O2)c1. The van der Waals surface area contributed by atoms with E-state index in [9.17, 15) is 0 Å². The second-order valence-corrected chi connectivity index (χ2v) is 4.03. The molecule has 2 atom stereocenters. The predicted octanol–water partition coefficient (Wildman–Crippen LogP) is 2.36. The van der Waals surface area contributed by atoms with Gasteiger partial charge < -0.3 is 18.9 Å². The molecule has 0 spiro atoms. The van der Waals surface area contributed by atoms with E-state index in [1.165, 1.54) is 0 Å². The van der Waals surface area contributed by atoms with Gasteiger partial charge >= 0.3 is 0 Å². The molecule has 94 valence electrons. The van der Waals surface area contributed by atoms with E-state index < -0.39 is 6.29 Å². The Kier molecular flexibility index (Phi) is 4.10. The highest BCUT2D eigenvalue weighted by atomic mass is 35.5. The summed E-state index contributed by atoms with van der Waals surface area (Å²) in [5, 5.41) is 0. The largest absolute Gasteiger partial charge is 0.497 e. The molecule has 1 saturated heterocycles. The molecule has 0 saturated carbocycles. The Morgan fingerprint density at radius 3 is 2.35 bits per heavy atom. The van der Waals surface area contributed by atoms with Crippen LogP contribution < -0.4 is 9.47 Å². The number of methoxy groups -OCH3 is 2. The number of hydrogen-bond acceptors (Lipinski definition) is 4. The van der Waals surface area contributed by atoms with Gasteiger partial charge in [-0.05, 0) is 12.1 Å². The van der Waals surface area contributed by atoms with E-state index >= 15 is 0 Å². The van der Waals surface area contributed by atoms with Crippen LogP contribution in [0, 0.1) is 0 Å². The van der Waals surface area contributed by atoms with Crippen LogP contribution in [-0.4, -0.2) is 32.8 Å². The molecule has 5 heteroatoms. The summed E-state index contributed by atoms with van der Waals surface area (Å²) in [5.74, 6) is 1.85. The number of halogens is 1. The van der Waals surface area contributed by atoms with Crippen LogP contribution in [0.2, 0.25) is 0 Å². The van der Waals surface area contributed by atoms with Crippen molar-refractivity contribution in [3.63, 3.8) is 0 Å². The molecule has 1 heterocycles. The smallest absolute Gasteiger partial charge is 0.184 e. The molecule has 1 fully saturated rings. The van der Waals surface area contributed by atoms with Gasteiger partial charge in [-0.15, -0.1) is 11.6 Å². The first kappa shape index (κ1) is 12.5. The molecule has 1 aromatic rings. The van der Waals surface area contributed by atoms with E-state index in [4.69, 9.17) is 30.5 Å². The third-order valence-electron chi connectivity index (χ3n) is 2.57. The van der Waals surface area contributed by atoms with Crippen molar-refractivity contribution in [1.29, 1.82) is 0 Å². The van der Waals surface area contributed by atoms with E-state index in [2.05, 4.69) is 0 Å². The maximum absolute atomic E-state index is 5.72. The van der Waals surface area contributed by atoms with Crippen LogP contribution in [0.4, 0.5) is 0 Å². The average molecular weight is 259 g/mol. The Morgan fingerprint density at radius 2 is 1.88 bits per heavy atom. The summed E-state index contributed by atoms with van der Waals surface area (Å²) < 4.78 is 21.5. The highest BCUT2D eigenvalue weighted by Gasteiger charge is 2.27. The number of benzene rings is 1. The molecule has 0 bridgehead atoms. The van der Waals surface area contributed by atoms with Crippen molar-refractivity contribution in [2.45, 2.75) is 12.4 Å². The molecule has 4 nitrogen and oxygen atoms in total. The maximum Gasteiger partial charge on any atom is 0.184 e. The van der Waals surface area contributed by atoms with Gasteiger partial charge in [-0.3, -0.25) is 0 Å². The summed E-state index contributed by atoms with van der Waals surface area (Å²) in [6, 6.07) is 5.53. The fraction of sp³-hybridized carbons (Fsp3) is 0.500. The number of alkyl halides is 1. The first-order chi connectivity index (χ1) is 8.26. The highest BCUT2D eigenvalue weighted by Crippen LogP contribution is 2.32. The third-order valence-corrected chi connectivity index (χ3v) is 2.91. The zero-order valence-corrected chi connectivity index (χ0v) is 10.6. The quantitative estimate of drug-likeness (QED) is 0.777. The zero-order chi connectivity index (χ0) is 12.3. The number of rotatable bonds is 4. The van der Waals surface area contributed by atoms with Crippen molar-refractivity contribution in [1.82, 2.24) is 0 Å². The Morgan fingerprint density at radius 1 is 1.24 bits per heavy atom. The number of ether oxygens (including phenoxy) is 4. The maximum atomic E-state index is 5.72. The second-order valence-electron chi connectivity index (χ2n) is 3.72. The van der Waals surface area contributed by atoms with Gasteiger partial charge in [0.2, 0.25) is 0 Å². The Hall–Kier alpha value is -0.970. The van der Waals surface area contributed by atoms with Gasteiger partial charge in [0, 0.05) is 11.6 Å². The summed E-state index contributed by atoms with van der Waals surface area (Å²) in [4.78, 5) is 0. The number of hydrogen-bond donors (Lipinski definition) is 0. The first-order valence-corrected chi connectivity index (χ1v) is 5.86. The van der Waals surface area contributed by atoms with Crippen molar-refractivity contribution >= 4 is 11.6 Å². The molecular weight excluding hydrogens is 244 g/mol. The fourth-order valence-electron chi connectivity index (χ4n) is 1.67. The van der Waals surface area contributed by atoms with Crippen molar-refractivity contribution in [2.24, 2.45) is 0 Å². The standard InChI is InChI=1S/C12H15ClO4/c1-14-9-3-8(4-10(5-9)15-2)12-16-7-11(6-13)17-12/h3-5,11-12H,6-7H2,1-2H3. The van der Waals surface area contributed by atoms with Gasteiger partial charge in [0.25, 0.3) is 0 Å². The minimum Gasteiger partial charge on any atom is -0.497 e. The summed E-state index contributed by atoms with van der Waals surface area (Å²) in [6.07, 6.45) is -0.457. The first-order valence-electron chi connectivity index (χ1n) is 5.33.